The Morgan fingerprint density at radius 3 is 2.59 bits per heavy atom. The van der Waals surface area contributed by atoms with E-state index in [9.17, 15) is 36.4 Å². The van der Waals surface area contributed by atoms with Crippen LogP contribution in [0.2, 0.25) is 0 Å². The summed E-state index contributed by atoms with van der Waals surface area (Å²) in [6.07, 6.45) is 5.25. The summed E-state index contributed by atoms with van der Waals surface area (Å²) in [6, 6.07) is 5.43. The lowest BCUT2D eigenvalue weighted by Gasteiger charge is -2.60. The second-order valence-electron chi connectivity index (χ2n) is 12.0. The van der Waals surface area contributed by atoms with Crippen LogP contribution in [0.3, 0.4) is 0 Å². The van der Waals surface area contributed by atoms with E-state index in [1.165, 1.54) is 0 Å². The highest BCUT2D eigenvalue weighted by molar-refractivity contribution is 7.87. The molecular formula is C29H40F3NO5S. The van der Waals surface area contributed by atoms with Crippen molar-refractivity contribution in [1.29, 1.82) is 0 Å². The highest BCUT2D eigenvalue weighted by Crippen LogP contribution is 2.69. The highest BCUT2D eigenvalue weighted by Gasteiger charge is 2.63. The molecule has 3 unspecified atom stereocenters. The minimum Gasteiger partial charge on any atom is -0.393 e. The third-order valence-corrected chi connectivity index (χ3v) is 10.4. The van der Waals surface area contributed by atoms with Gasteiger partial charge >= 0.3 is 16.4 Å². The molecule has 0 aliphatic heterocycles. The first-order valence-corrected chi connectivity index (χ1v) is 15.3. The number of aliphatic hydroxyl groups is 2. The van der Waals surface area contributed by atoms with Gasteiger partial charge in [-0.1, -0.05) is 44.7 Å². The molecule has 3 aliphatic carbocycles. The van der Waals surface area contributed by atoms with Gasteiger partial charge in [-0.05, 0) is 96.8 Å². The van der Waals surface area contributed by atoms with Gasteiger partial charge in [0.1, 0.15) is 6.10 Å². The van der Waals surface area contributed by atoms with E-state index in [0.717, 1.165) is 62.5 Å². The van der Waals surface area contributed by atoms with Crippen molar-refractivity contribution in [3.8, 4) is 0 Å². The number of rotatable bonds is 11. The molecular weight excluding hydrogens is 531 g/mol. The maximum atomic E-state index is 13.2. The summed E-state index contributed by atoms with van der Waals surface area (Å²) in [5.41, 5.74) is 2.09. The Morgan fingerprint density at radius 1 is 1.21 bits per heavy atom. The summed E-state index contributed by atoms with van der Waals surface area (Å²) < 4.78 is 72.0. The summed E-state index contributed by atoms with van der Waals surface area (Å²) in [7, 11) is -4.38. The molecule has 0 spiro atoms. The first-order valence-electron chi connectivity index (χ1n) is 13.9. The van der Waals surface area contributed by atoms with E-state index in [0.29, 0.717) is 18.5 Å². The van der Waals surface area contributed by atoms with Gasteiger partial charge in [0.2, 0.25) is 0 Å². The summed E-state index contributed by atoms with van der Waals surface area (Å²) in [5.74, 6) is -1.08. The van der Waals surface area contributed by atoms with Crippen LogP contribution in [-0.4, -0.2) is 35.4 Å². The molecule has 0 amide bonds. The van der Waals surface area contributed by atoms with E-state index >= 15 is 0 Å². The standard InChI is InChI=1S/C29H40F3NO5S/c1-3-29-15-14-18-16-20(33-39(36,37)38)10-11-21(18)25(29)19(17-28(2)23(29)12-13-24(28)35)8-6-4-5-7-9-22(34)26(30)27(31)32/h3,10-11,16,19,22-25,33-35H,1,4-9,12-15,17H2,2H3,(H,36,37,38)/t19-,22+,23?,24-,25?,28-,29?/m0/s1. The molecule has 0 radical (unpaired) electrons. The van der Waals surface area contributed by atoms with Crippen molar-refractivity contribution in [1.82, 2.24) is 0 Å². The molecule has 0 saturated heterocycles. The fourth-order valence-electron chi connectivity index (χ4n) is 8.27. The van der Waals surface area contributed by atoms with Crippen molar-refractivity contribution in [2.75, 3.05) is 4.72 Å². The van der Waals surface area contributed by atoms with Crippen molar-refractivity contribution in [2.45, 2.75) is 95.7 Å². The van der Waals surface area contributed by atoms with Crippen molar-refractivity contribution in [3.63, 3.8) is 0 Å². The van der Waals surface area contributed by atoms with E-state index in [2.05, 4.69) is 24.3 Å². The molecule has 218 valence electrons. The number of halogens is 3. The largest absolute Gasteiger partial charge is 0.393 e. The Kier molecular flexibility index (Phi) is 8.91. The molecule has 0 heterocycles. The Morgan fingerprint density at radius 2 is 1.92 bits per heavy atom. The van der Waals surface area contributed by atoms with Crippen LogP contribution in [0, 0.1) is 22.7 Å². The number of anilines is 1. The first kappa shape index (κ1) is 30.1. The highest BCUT2D eigenvalue weighted by atomic mass is 32.2. The van der Waals surface area contributed by atoms with Gasteiger partial charge in [-0.15, -0.1) is 6.58 Å². The summed E-state index contributed by atoms with van der Waals surface area (Å²) in [5, 5.41) is 20.6. The van der Waals surface area contributed by atoms with Gasteiger partial charge in [-0.25, -0.2) is 4.39 Å². The van der Waals surface area contributed by atoms with Gasteiger partial charge in [-0.3, -0.25) is 9.27 Å². The summed E-state index contributed by atoms with van der Waals surface area (Å²) in [6.45, 7) is 6.50. The molecule has 1 aromatic carbocycles. The first-order chi connectivity index (χ1) is 18.3. The predicted molar refractivity (Wildman–Crippen MR) is 144 cm³/mol. The van der Waals surface area contributed by atoms with Crippen LogP contribution in [0.5, 0.6) is 0 Å². The fourth-order valence-corrected chi connectivity index (χ4v) is 8.69. The van der Waals surface area contributed by atoms with Crippen LogP contribution >= 0.6 is 0 Å². The number of benzene rings is 1. The molecule has 2 saturated carbocycles. The Labute approximate surface area is 229 Å². The number of nitrogens with one attached hydrogen (secondary N) is 1. The third-order valence-electron chi connectivity index (χ3n) is 9.90. The van der Waals surface area contributed by atoms with Gasteiger partial charge in [0.05, 0.1) is 11.8 Å². The van der Waals surface area contributed by atoms with Gasteiger partial charge in [0.25, 0.3) is 0 Å². The van der Waals surface area contributed by atoms with Crippen LogP contribution in [0.1, 0.15) is 88.2 Å². The molecule has 1 aromatic rings. The monoisotopic (exact) mass is 571 g/mol. The summed E-state index contributed by atoms with van der Waals surface area (Å²) >= 11 is 0. The molecule has 0 bridgehead atoms. The minimum atomic E-state index is -4.38. The lowest BCUT2D eigenvalue weighted by Crippen LogP contribution is -2.54. The van der Waals surface area contributed by atoms with Gasteiger partial charge in [-0.2, -0.15) is 17.2 Å². The lowest BCUT2D eigenvalue weighted by atomic mass is 9.44. The van der Waals surface area contributed by atoms with E-state index in [4.69, 9.17) is 0 Å². The predicted octanol–water partition coefficient (Wildman–Crippen LogP) is 6.68. The minimum absolute atomic E-state index is 0.0476. The average molecular weight is 572 g/mol. The molecule has 4 rings (SSSR count). The lowest BCUT2D eigenvalue weighted by molar-refractivity contribution is -0.0812. The number of unbranched alkanes of at least 4 members (excludes halogenated alkanes) is 3. The molecule has 4 N–H and O–H groups in total. The zero-order chi connectivity index (χ0) is 28.6. The number of aryl methyl sites for hydroxylation is 1. The van der Waals surface area contributed by atoms with E-state index < -0.39 is 28.3 Å². The Bertz CT molecular complexity index is 1200. The number of allylic oxidation sites excluding steroid dienone is 1. The zero-order valence-corrected chi connectivity index (χ0v) is 23.2. The van der Waals surface area contributed by atoms with E-state index in [-0.39, 0.29) is 41.1 Å². The second-order valence-corrected chi connectivity index (χ2v) is 13.2. The molecule has 0 aromatic heterocycles. The maximum absolute atomic E-state index is 13.2. The van der Waals surface area contributed by atoms with Crippen molar-refractivity contribution in [3.05, 3.63) is 53.9 Å². The van der Waals surface area contributed by atoms with Crippen molar-refractivity contribution < 1.29 is 36.4 Å². The van der Waals surface area contributed by atoms with Crippen LogP contribution in [-0.2, 0) is 16.7 Å². The van der Waals surface area contributed by atoms with Crippen molar-refractivity contribution >= 4 is 16.0 Å². The van der Waals surface area contributed by atoms with Crippen LogP contribution in [0.4, 0.5) is 18.9 Å². The molecule has 39 heavy (non-hydrogen) atoms. The van der Waals surface area contributed by atoms with Gasteiger partial charge in [0, 0.05) is 0 Å². The number of fused-ring (bicyclic) bond motifs is 5. The normalized spacial score (nSPS) is 32.5. The van der Waals surface area contributed by atoms with Gasteiger partial charge < -0.3 is 10.2 Å². The van der Waals surface area contributed by atoms with E-state index in [1.807, 2.05) is 6.07 Å². The average Bonchev–Trinajstić information content (AvgIpc) is 3.18. The molecule has 2 fully saturated rings. The molecule has 6 nitrogen and oxygen atoms in total. The number of aliphatic hydroxyl groups excluding tert-OH is 2. The fraction of sp³-hybridized carbons (Fsp3) is 0.655. The number of hydrogen-bond donors (Lipinski definition) is 4. The second kappa shape index (κ2) is 11.5. The van der Waals surface area contributed by atoms with Crippen LogP contribution in [0.25, 0.3) is 0 Å². The topological polar surface area (TPSA) is 107 Å². The van der Waals surface area contributed by atoms with E-state index in [1.54, 1.807) is 12.1 Å². The van der Waals surface area contributed by atoms with Gasteiger partial charge in [0.15, 0.2) is 5.83 Å². The smallest absolute Gasteiger partial charge is 0.357 e. The Hall–Kier alpha value is -1.88. The quantitative estimate of drug-likeness (QED) is 0.135. The molecule has 3 aliphatic rings. The SMILES string of the molecule is C=CC12CCc3cc(NS(=O)(=O)O)ccc3C1[C@@H](CCCCCC[C@@H](O)C(F)=C(F)F)C[C@@]1(C)C2CC[C@@H]1O. The molecule has 10 heteroatoms. The maximum Gasteiger partial charge on any atom is 0.357 e. The van der Waals surface area contributed by atoms with Crippen molar-refractivity contribution in [2.24, 2.45) is 22.7 Å². The molecule has 7 atom stereocenters. The van der Waals surface area contributed by atoms with Crippen LogP contribution < -0.4 is 4.72 Å². The summed E-state index contributed by atoms with van der Waals surface area (Å²) in [4.78, 5) is 0. The zero-order valence-electron chi connectivity index (χ0n) is 22.4. The third kappa shape index (κ3) is 5.94. The number of hydrogen-bond acceptors (Lipinski definition) is 4. The van der Waals surface area contributed by atoms with Crippen LogP contribution in [0.15, 0.2) is 42.8 Å². The Balaban J connectivity index is 1.54.